The third-order valence-electron chi connectivity index (χ3n) is 5.14. The van der Waals surface area contributed by atoms with Crippen molar-refractivity contribution in [2.75, 3.05) is 13.6 Å². The molecule has 3 heteroatoms. The summed E-state index contributed by atoms with van der Waals surface area (Å²) in [5.41, 5.74) is 7.33. The van der Waals surface area contributed by atoms with Gasteiger partial charge in [-0.3, -0.25) is 4.79 Å². The van der Waals surface area contributed by atoms with Gasteiger partial charge in [-0.15, -0.1) is 0 Å². The minimum absolute atomic E-state index is 0.0295. The van der Waals surface area contributed by atoms with Crippen molar-refractivity contribution in [3.05, 3.63) is 83.0 Å². The van der Waals surface area contributed by atoms with E-state index >= 15 is 0 Å². The second kappa shape index (κ2) is 10.6. The summed E-state index contributed by atoms with van der Waals surface area (Å²) < 4.78 is 0. The Morgan fingerprint density at radius 1 is 1.25 bits per heavy atom. The Morgan fingerprint density at radius 2 is 2.00 bits per heavy atom. The largest absolute Gasteiger partial charge is 0.354 e. The molecule has 0 aromatic heterocycles. The molecular weight excluding hydrogens is 344 g/mol. The van der Waals surface area contributed by atoms with E-state index in [4.69, 9.17) is 0 Å². The summed E-state index contributed by atoms with van der Waals surface area (Å²) in [7, 11) is 1.80. The number of likely N-dealkylation sites (N-methyl/N-ethyl adjacent to an activating group) is 1. The molecule has 2 rings (SSSR count). The fourth-order valence-corrected chi connectivity index (χ4v) is 3.43. The smallest absolute Gasteiger partial charge is 0.236 e. The molecule has 1 amide bonds. The molecule has 1 atom stereocenters. The fraction of sp³-hybridized carbons (Fsp3) is 0.320. The third-order valence-corrected chi connectivity index (χ3v) is 5.14. The molecule has 0 bridgehead atoms. The molecule has 28 heavy (non-hydrogen) atoms. The summed E-state index contributed by atoms with van der Waals surface area (Å²) >= 11 is 0. The van der Waals surface area contributed by atoms with E-state index in [1.54, 1.807) is 7.05 Å². The molecule has 0 saturated heterocycles. The molecule has 148 valence electrons. The normalized spacial score (nSPS) is 16.6. The topological polar surface area (TPSA) is 41.1 Å². The lowest BCUT2D eigenvalue weighted by molar-refractivity contribution is -0.122. The predicted octanol–water partition coefficient (Wildman–Crippen LogP) is 5.05. The van der Waals surface area contributed by atoms with Gasteiger partial charge in [-0.1, -0.05) is 73.7 Å². The van der Waals surface area contributed by atoms with E-state index in [0.717, 1.165) is 18.4 Å². The first-order chi connectivity index (χ1) is 13.6. The standard InChI is InChI=1S/C25H32N2O/c1-6-11-22-19(7-2)14-15-21-12-9-10-13-23(21)24(22)20(8-3)16-17-27-25(28)18(4)26-5/h6-7,9-15,18,26H,2,8,16-17H2,1,3-5H3,(H,27,28)/b11-6-,24-20+/t18-/m0/s1. The lowest BCUT2D eigenvalue weighted by atomic mass is 9.86. The summed E-state index contributed by atoms with van der Waals surface area (Å²) in [5.74, 6) is 0.0295. The maximum Gasteiger partial charge on any atom is 0.236 e. The van der Waals surface area contributed by atoms with Crippen LogP contribution in [0.1, 0.15) is 44.7 Å². The van der Waals surface area contributed by atoms with Crippen LogP contribution < -0.4 is 10.6 Å². The van der Waals surface area contributed by atoms with Crippen molar-refractivity contribution < 1.29 is 4.79 Å². The van der Waals surface area contributed by atoms with Gasteiger partial charge in [-0.25, -0.2) is 0 Å². The van der Waals surface area contributed by atoms with Crippen LogP contribution >= 0.6 is 0 Å². The zero-order valence-electron chi connectivity index (χ0n) is 17.5. The second-order valence-electron chi connectivity index (χ2n) is 6.88. The molecule has 1 aromatic rings. The van der Waals surface area contributed by atoms with Crippen molar-refractivity contribution in [3.63, 3.8) is 0 Å². The molecule has 2 N–H and O–H groups in total. The van der Waals surface area contributed by atoms with Gasteiger partial charge in [0.15, 0.2) is 0 Å². The van der Waals surface area contributed by atoms with Crippen molar-refractivity contribution in [2.24, 2.45) is 0 Å². The van der Waals surface area contributed by atoms with E-state index in [0.29, 0.717) is 6.54 Å². The third kappa shape index (κ3) is 4.99. The van der Waals surface area contributed by atoms with Gasteiger partial charge < -0.3 is 10.6 Å². The molecule has 0 heterocycles. The summed E-state index contributed by atoms with van der Waals surface area (Å²) in [6, 6.07) is 8.30. The average Bonchev–Trinajstić information content (AvgIpc) is 2.87. The number of fused-ring (bicyclic) bond motifs is 1. The average molecular weight is 377 g/mol. The Morgan fingerprint density at radius 3 is 2.64 bits per heavy atom. The Kier molecular flexibility index (Phi) is 8.21. The van der Waals surface area contributed by atoms with Gasteiger partial charge in [0.05, 0.1) is 6.04 Å². The predicted molar refractivity (Wildman–Crippen MR) is 121 cm³/mol. The monoisotopic (exact) mass is 376 g/mol. The SMILES string of the molecule is C=CC1=C(/C=C\C)/C(=C(/CC)CCNC(=O)[C@H](C)NC)c2ccccc2C=C1. The maximum absolute atomic E-state index is 12.1. The zero-order valence-corrected chi connectivity index (χ0v) is 17.5. The van der Waals surface area contributed by atoms with Gasteiger partial charge in [0.25, 0.3) is 0 Å². The highest BCUT2D eigenvalue weighted by Gasteiger charge is 2.18. The molecule has 0 unspecified atom stereocenters. The number of amides is 1. The van der Waals surface area contributed by atoms with Crippen molar-refractivity contribution in [3.8, 4) is 0 Å². The number of rotatable bonds is 8. The summed E-state index contributed by atoms with van der Waals surface area (Å²) in [5, 5.41) is 6.02. The van der Waals surface area contributed by atoms with Crippen LogP contribution in [-0.2, 0) is 4.79 Å². The van der Waals surface area contributed by atoms with Gasteiger partial charge >= 0.3 is 0 Å². The lowest BCUT2D eigenvalue weighted by Crippen LogP contribution is -2.40. The highest BCUT2D eigenvalue weighted by atomic mass is 16.2. The number of allylic oxidation sites excluding steroid dienone is 7. The van der Waals surface area contributed by atoms with Gasteiger partial charge in [0.1, 0.15) is 0 Å². The van der Waals surface area contributed by atoms with E-state index in [2.05, 4.69) is 72.7 Å². The highest BCUT2D eigenvalue weighted by Crippen LogP contribution is 2.37. The number of hydrogen-bond acceptors (Lipinski definition) is 2. The van der Waals surface area contributed by atoms with E-state index in [-0.39, 0.29) is 11.9 Å². The zero-order chi connectivity index (χ0) is 20.5. The quantitative estimate of drug-likeness (QED) is 0.666. The van der Waals surface area contributed by atoms with Crippen molar-refractivity contribution in [1.82, 2.24) is 10.6 Å². The molecule has 1 aromatic carbocycles. The molecule has 0 radical (unpaired) electrons. The number of carbonyl (C=O) groups is 1. The van der Waals surface area contributed by atoms with Gasteiger partial charge in [-0.05, 0) is 61.6 Å². The van der Waals surface area contributed by atoms with Crippen LogP contribution in [0.15, 0.2) is 71.9 Å². The summed E-state index contributed by atoms with van der Waals surface area (Å²) in [6.45, 7) is 10.7. The number of carbonyl (C=O) groups excluding carboxylic acids is 1. The van der Waals surface area contributed by atoms with Crippen LogP contribution in [-0.4, -0.2) is 25.5 Å². The molecule has 1 aliphatic carbocycles. The molecule has 0 saturated carbocycles. The molecule has 0 spiro atoms. The molecule has 0 aliphatic heterocycles. The van der Waals surface area contributed by atoms with Crippen LogP contribution in [0, 0.1) is 0 Å². The fourth-order valence-electron chi connectivity index (χ4n) is 3.43. The van der Waals surface area contributed by atoms with E-state index in [1.807, 2.05) is 19.9 Å². The van der Waals surface area contributed by atoms with Crippen molar-refractivity contribution >= 4 is 17.6 Å². The van der Waals surface area contributed by atoms with Gasteiger partial charge in [0, 0.05) is 6.54 Å². The van der Waals surface area contributed by atoms with Crippen LogP contribution in [0.5, 0.6) is 0 Å². The Labute approximate surface area is 169 Å². The highest BCUT2D eigenvalue weighted by molar-refractivity contribution is 5.92. The van der Waals surface area contributed by atoms with E-state index < -0.39 is 0 Å². The molecule has 0 fully saturated rings. The summed E-state index contributed by atoms with van der Waals surface area (Å²) in [4.78, 5) is 12.1. The van der Waals surface area contributed by atoms with Gasteiger partial charge in [-0.2, -0.15) is 0 Å². The number of benzene rings is 1. The van der Waals surface area contributed by atoms with Crippen LogP contribution in [0.2, 0.25) is 0 Å². The van der Waals surface area contributed by atoms with Crippen molar-refractivity contribution in [2.45, 2.75) is 39.7 Å². The first kappa shape index (κ1) is 21.6. The van der Waals surface area contributed by atoms with E-state index in [9.17, 15) is 4.79 Å². The van der Waals surface area contributed by atoms with Crippen molar-refractivity contribution in [1.29, 1.82) is 0 Å². The first-order valence-electron chi connectivity index (χ1n) is 10.0. The lowest BCUT2D eigenvalue weighted by Gasteiger charge is -2.19. The van der Waals surface area contributed by atoms with Gasteiger partial charge in [0.2, 0.25) is 5.91 Å². The Hall–Kier alpha value is -2.65. The number of nitrogens with one attached hydrogen (secondary N) is 2. The van der Waals surface area contributed by atoms with Crippen LogP contribution in [0.4, 0.5) is 0 Å². The van der Waals surface area contributed by atoms with Crippen LogP contribution in [0.25, 0.3) is 11.6 Å². The first-order valence-corrected chi connectivity index (χ1v) is 10.0. The molecular formula is C25H32N2O. The minimum atomic E-state index is -0.189. The summed E-state index contributed by atoms with van der Waals surface area (Å²) in [6.07, 6.45) is 12.2. The molecule has 1 aliphatic rings. The Bertz CT molecular complexity index is 840. The Balaban J connectivity index is 2.50. The second-order valence-corrected chi connectivity index (χ2v) is 6.88. The maximum atomic E-state index is 12.1. The van der Waals surface area contributed by atoms with Crippen LogP contribution in [0.3, 0.4) is 0 Å². The van der Waals surface area contributed by atoms with E-state index in [1.165, 1.54) is 27.8 Å². The minimum Gasteiger partial charge on any atom is -0.354 e. The number of hydrogen-bond donors (Lipinski definition) is 2. The molecule has 3 nitrogen and oxygen atoms in total.